The van der Waals surface area contributed by atoms with Gasteiger partial charge in [0, 0.05) is 18.3 Å². The second-order valence-corrected chi connectivity index (χ2v) is 3.76. The normalized spacial score (nSPS) is 17.5. The molecule has 0 unspecified atom stereocenters. The molecule has 1 N–H and O–H groups in total. The first-order valence-electron chi connectivity index (χ1n) is 4.39. The summed E-state index contributed by atoms with van der Waals surface area (Å²) < 4.78 is 0. The maximum Gasteiger partial charge on any atom is 0.254 e. The minimum Gasteiger partial charge on any atom is -0.345 e. The van der Waals surface area contributed by atoms with Crippen LogP contribution in [0.4, 0.5) is 0 Å². The molecule has 2 rings (SSSR count). The zero-order valence-corrected chi connectivity index (χ0v) is 8.29. The van der Waals surface area contributed by atoms with Gasteiger partial charge in [0.1, 0.15) is 6.33 Å². The summed E-state index contributed by atoms with van der Waals surface area (Å²) in [6, 6.07) is 0. The van der Waals surface area contributed by atoms with Crippen LogP contribution in [0.5, 0.6) is 0 Å². The Labute approximate surface area is 86.7 Å². The highest BCUT2D eigenvalue weighted by atomic mass is 35.5. The first kappa shape index (κ1) is 9.40. The Hall–Kier alpha value is -1.16. The lowest BCUT2D eigenvalue weighted by Gasteiger charge is -2.13. The van der Waals surface area contributed by atoms with Crippen molar-refractivity contribution >= 4 is 17.5 Å². The molecular weight excluding hydrogens is 202 g/mol. The van der Waals surface area contributed by atoms with Gasteiger partial charge in [-0.2, -0.15) is 0 Å². The number of aromatic nitrogens is 2. The summed E-state index contributed by atoms with van der Waals surface area (Å²) in [4.78, 5) is 19.2. The van der Waals surface area contributed by atoms with Crippen LogP contribution in [0, 0.1) is 0 Å². The van der Waals surface area contributed by atoms with Crippen molar-refractivity contribution < 1.29 is 4.79 Å². The van der Waals surface area contributed by atoms with E-state index in [9.17, 15) is 4.79 Å². The molecule has 0 aliphatic heterocycles. The number of hydrogen-bond acceptors (Lipinski definition) is 3. The van der Waals surface area contributed by atoms with Crippen molar-refractivity contribution in [3.05, 3.63) is 24.3 Å². The fourth-order valence-electron chi connectivity index (χ4n) is 1.17. The molecule has 14 heavy (non-hydrogen) atoms. The van der Waals surface area contributed by atoms with Gasteiger partial charge in [-0.05, 0) is 12.8 Å². The zero-order valence-electron chi connectivity index (χ0n) is 7.53. The third kappa shape index (κ3) is 1.85. The van der Waals surface area contributed by atoms with Crippen LogP contribution in [0.1, 0.15) is 23.2 Å². The first-order chi connectivity index (χ1) is 6.76. The smallest absolute Gasteiger partial charge is 0.254 e. The van der Waals surface area contributed by atoms with Crippen molar-refractivity contribution in [2.24, 2.45) is 0 Å². The molecule has 4 nitrogen and oxygen atoms in total. The Morgan fingerprint density at radius 2 is 2.14 bits per heavy atom. The number of carbonyl (C=O) groups excluding carboxylic acids is 1. The molecule has 5 heteroatoms. The minimum absolute atomic E-state index is 0.149. The maximum atomic E-state index is 11.6. The predicted octanol–water partition coefficient (Wildman–Crippen LogP) is 0.978. The van der Waals surface area contributed by atoms with Crippen LogP contribution in [-0.4, -0.2) is 27.3 Å². The van der Waals surface area contributed by atoms with Crippen molar-refractivity contribution in [3.63, 3.8) is 0 Å². The lowest BCUT2D eigenvalue weighted by molar-refractivity contribution is 0.0935. The summed E-state index contributed by atoms with van der Waals surface area (Å²) in [6.07, 6.45) is 6.29. The molecule has 1 aromatic heterocycles. The molecule has 0 aromatic carbocycles. The summed E-state index contributed by atoms with van der Waals surface area (Å²) >= 11 is 5.74. The highest BCUT2D eigenvalue weighted by Gasteiger charge is 2.43. The summed E-state index contributed by atoms with van der Waals surface area (Å²) in [5.74, 6) is 0.315. The molecule has 1 aliphatic carbocycles. The lowest BCUT2D eigenvalue weighted by atomic mass is 10.2. The van der Waals surface area contributed by atoms with Crippen LogP contribution in [0.25, 0.3) is 0 Å². The van der Waals surface area contributed by atoms with Crippen LogP contribution in [0.3, 0.4) is 0 Å². The van der Waals surface area contributed by atoms with Crippen molar-refractivity contribution in [2.45, 2.75) is 18.4 Å². The van der Waals surface area contributed by atoms with Crippen molar-refractivity contribution in [1.29, 1.82) is 0 Å². The Kier molecular flexibility index (Phi) is 2.37. The summed E-state index contributed by atoms with van der Waals surface area (Å²) in [6.45, 7) is 0. The van der Waals surface area contributed by atoms with Gasteiger partial charge in [-0.25, -0.2) is 9.97 Å². The molecule has 1 aliphatic rings. The van der Waals surface area contributed by atoms with E-state index in [1.54, 1.807) is 0 Å². The van der Waals surface area contributed by atoms with Crippen LogP contribution >= 0.6 is 11.6 Å². The molecule has 0 spiro atoms. The van der Waals surface area contributed by atoms with E-state index in [2.05, 4.69) is 15.3 Å². The molecule has 0 atom stereocenters. The van der Waals surface area contributed by atoms with Crippen molar-refractivity contribution in [2.75, 3.05) is 5.88 Å². The van der Waals surface area contributed by atoms with Gasteiger partial charge >= 0.3 is 0 Å². The second kappa shape index (κ2) is 3.53. The number of halogens is 1. The quantitative estimate of drug-likeness (QED) is 0.759. The van der Waals surface area contributed by atoms with E-state index in [4.69, 9.17) is 11.6 Å². The number of alkyl halides is 1. The number of nitrogens with one attached hydrogen (secondary N) is 1. The van der Waals surface area contributed by atoms with Gasteiger partial charge in [-0.3, -0.25) is 4.79 Å². The number of carbonyl (C=O) groups is 1. The molecule has 1 aromatic rings. The first-order valence-corrected chi connectivity index (χ1v) is 4.93. The minimum atomic E-state index is -0.172. The van der Waals surface area contributed by atoms with Gasteiger partial charge in [0.25, 0.3) is 5.91 Å². The molecule has 0 radical (unpaired) electrons. The number of nitrogens with zero attached hydrogens (tertiary/aromatic N) is 2. The lowest BCUT2D eigenvalue weighted by Crippen LogP contribution is -2.38. The molecule has 1 fully saturated rings. The van der Waals surface area contributed by atoms with E-state index in [0.29, 0.717) is 11.4 Å². The molecule has 74 valence electrons. The van der Waals surface area contributed by atoms with Crippen LogP contribution < -0.4 is 5.32 Å². The summed E-state index contributed by atoms with van der Waals surface area (Å²) in [5.41, 5.74) is 0.304. The predicted molar refractivity (Wildman–Crippen MR) is 52.2 cm³/mol. The van der Waals surface area contributed by atoms with Crippen molar-refractivity contribution in [3.8, 4) is 0 Å². The Bertz CT molecular complexity index is 337. The highest BCUT2D eigenvalue weighted by molar-refractivity contribution is 6.19. The van der Waals surface area contributed by atoms with E-state index in [1.807, 2.05) is 0 Å². The van der Waals surface area contributed by atoms with E-state index < -0.39 is 0 Å². The number of amides is 1. The van der Waals surface area contributed by atoms with Gasteiger partial charge < -0.3 is 5.32 Å². The Balaban J connectivity index is 2.03. The third-order valence-electron chi connectivity index (χ3n) is 2.31. The average molecular weight is 212 g/mol. The SMILES string of the molecule is O=C(NC1(CCl)CC1)c1cncnc1. The fourth-order valence-corrected chi connectivity index (χ4v) is 1.51. The topological polar surface area (TPSA) is 54.9 Å². The van der Waals surface area contributed by atoms with Gasteiger partial charge in [0.05, 0.1) is 11.1 Å². The number of rotatable bonds is 3. The van der Waals surface area contributed by atoms with Gasteiger partial charge in [-0.15, -0.1) is 11.6 Å². The molecule has 1 amide bonds. The molecule has 0 bridgehead atoms. The number of hydrogen-bond donors (Lipinski definition) is 1. The van der Waals surface area contributed by atoms with Gasteiger partial charge in [0.15, 0.2) is 0 Å². The highest BCUT2D eigenvalue weighted by Crippen LogP contribution is 2.36. The van der Waals surface area contributed by atoms with Gasteiger partial charge in [-0.1, -0.05) is 0 Å². The standard InChI is InChI=1S/C9H10ClN3O/c10-5-9(1-2-9)13-8(14)7-3-11-6-12-4-7/h3-4,6H,1-2,5H2,(H,13,14). The Morgan fingerprint density at radius 3 is 2.64 bits per heavy atom. The Morgan fingerprint density at radius 1 is 1.50 bits per heavy atom. The third-order valence-corrected chi connectivity index (χ3v) is 2.82. The summed E-state index contributed by atoms with van der Waals surface area (Å²) in [5, 5.41) is 2.88. The van der Waals surface area contributed by atoms with Crippen LogP contribution in [-0.2, 0) is 0 Å². The van der Waals surface area contributed by atoms with E-state index in [-0.39, 0.29) is 11.4 Å². The zero-order chi connectivity index (χ0) is 10.0. The largest absolute Gasteiger partial charge is 0.345 e. The van der Waals surface area contributed by atoms with Gasteiger partial charge in [0.2, 0.25) is 0 Å². The van der Waals surface area contributed by atoms with Crippen molar-refractivity contribution in [1.82, 2.24) is 15.3 Å². The molecular formula is C9H10ClN3O. The van der Waals surface area contributed by atoms with Crippen LogP contribution in [0.15, 0.2) is 18.7 Å². The average Bonchev–Trinajstić information content (AvgIpc) is 3.00. The molecule has 1 saturated carbocycles. The monoisotopic (exact) mass is 211 g/mol. The molecule has 1 heterocycles. The molecule has 0 saturated heterocycles. The second-order valence-electron chi connectivity index (χ2n) is 3.50. The fraction of sp³-hybridized carbons (Fsp3) is 0.444. The van der Waals surface area contributed by atoms with E-state index in [1.165, 1.54) is 18.7 Å². The van der Waals surface area contributed by atoms with Crippen LogP contribution in [0.2, 0.25) is 0 Å². The summed E-state index contributed by atoms with van der Waals surface area (Å²) in [7, 11) is 0. The maximum absolute atomic E-state index is 11.6. The van der Waals surface area contributed by atoms with E-state index >= 15 is 0 Å². The van der Waals surface area contributed by atoms with E-state index in [0.717, 1.165) is 12.8 Å².